The highest BCUT2D eigenvalue weighted by Gasteiger charge is 2.24. The van der Waals surface area contributed by atoms with Gasteiger partial charge in [-0.2, -0.15) is 0 Å². The van der Waals surface area contributed by atoms with E-state index in [0.29, 0.717) is 33.2 Å². The van der Waals surface area contributed by atoms with Crippen molar-refractivity contribution in [3.05, 3.63) is 58.6 Å². The Hall–Kier alpha value is -2.79. The first-order chi connectivity index (χ1) is 11.0. The van der Waals surface area contributed by atoms with E-state index in [0.717, 1.165) is 0 Å². The Balaban J connectivity index is 2.01. The van der Waals surface area contributed by atoms with Gasteiger partial charge in [-0.05, 0) is 30.3 Å². The molecule has 1 amide bonds. The molecule has 2 aromatic carbocycles. The summed E-state index contributed by atoms with van der Waals surface area (Å²) in [7, 11) is 0. The van der Waals surface area contributed by atoms with E-state index in [-0.39, 0.29) is 5.91 Å². The molecule has 2 aromatic rings. The van der Waals surface area contributed by atoms with Crippen molar-refractivity contribution in [1.29, 1.82) is 0 Å². The molecular formula is C17H12ClNO4. The number of nitrogens with one attached hydrogen (secondary N) is 1. The van der Waals surface area contributed by atoms with Crippen LogP contribution in [0.15, 0.2) is 42.5 Å². The number of rotatable bonds is 4. The molecule has 0 radical (unpaired) electrons. The number of carboxylic acid groups (broad SMARTS) is 1. The molecule has 1 aliphatic heterocycles. The fourth-order valence-electron chi connectivity index (χ4n) is 2.33. The van der Waals surface area contributed by atoms with Crippen LogP contribution in [0, 0.1) is 0 Å². The average molecular weight is 330 g/mol. The fraction of sp³-hybridized carbons (Fsp3) is 0.0588. The summed E-state index contributed by atoms with van der Waals surface area (Å²) in [6, 6.07) is 12.1. The second-order valence-corrected chi connectivity index (χ2v) is 5.36. The van der Waals surface area contributed by atoms with Gasteiger partial charge < -0.3 is 15.2 Å². The van der Waals surface area contributed by atoms with E-state index in [1.54, 1.807) is 48.5 Å². The molecule has 116 valence electrons. The summed E-state index contributed by atoms with van der Waals surface area (Å²) in [5.74, 6) is -0.913. The van der Waals surface area contributed by atoms with Crippen molar-refractivity contribution in [1.82, 2.24) is 0 Å². The molecule has 0 aromatic heterocycles. The predicted molar refractivity (Wildman–Crippen MR) is 87.5 cm³/mol. The van der Waals surface area contributed by atoms with Crippen LogP contribution in [0.5, 0.6) is 5.75 Å². The molecule has 1 aliphatic rings. The molecule has 0 unspecified atom stereocenters. The Bertz CT molecular complexity index is 829. The molecule has 6 heteroatoms. The summed E-state index contributed by atoms with van der Waals surface area (Å²) >= 11 is 6.00. The Kier molecular flexibility index (Phi) is 4.04. The molecule has 0 spiro atoms. The second-order valence-electron chi connectivity index (χ2n) is 4.92. The number of carbonyl (C=O) groups is 2. The second kappa shape index (κ2) is 6.14. The Morgan fingerprint density at radius 1 is 1.26 bits per heavy atom. The number of para-hydroxylation sites is 1. The summed E-state index contributed by atoms with van der Waals surface area (Å²) in [5, 5.41) is 12.0. The maximum atomic E-state index is 12.2. The highest BCUT2D eigenvalue weighted by Crippen LogP contribution is 2.36. The number of aliphatic carboxylic acids is 1. The molecule has 0 saturated carbocycles. The quantitative estimate of drug-likeness (QED) is 0.844. The third-order valence-corrected chi connectivity index (χ3v) is 3.57. The van der Waals surface area contributed by atoms with E-state index in [4.69, 9.17) is 21.4 Å². The lowest BCUT2D eigenvalue weighted by Gasteiger charge is -2.07. The molecule has 3 rings (SSSR count). The van der Waals surface area contributed by atoms with Gasteiger partial charge in [0.25, 0.3) is 5.91 Å². The van der Waals surface area contributed by atoms with Crippen molar-refractivity contribution in [2.24, 2.45) is 0 Å². The van der Waals surface area contributed by atoms with Crippen LogP contribution in [0.2, 0.25) is 5.02 Å². The lowest BCUT2D eigenvalue weighted by atomic mass is 10.0. The number of halogens is 1. The molecule has 0 atom stereocenters. The van der Waals surface area contributed by atoms with Gasteiger partial charge in [0.15, 0.2) is 6.61 Å². The summed E-state index contributed by atoms with van der Waals surface area (Å²) in [4.78, 5) is 22.8. The Labute approximate surface area is 137 Å². The van der Waals surface area contributed by atoms with E-state index >= 15 is 0 Å². The Morgan fingerprint density at radius 3 is 2.83 bits per heavy atom. The van der Waals surface area contributed by atoms with E-state index in [1.807, 2.05) is 0 Å². The lowest BCUT2D eigenvalue weighted by molar-refractivity contribution is -0.139. The topological polar surface area (TPSA) is 75.6 Å². The number of hydrogen-bond acceptors (Lipinski definition) is 3. The van der Waals surface area contributed by atoms with Gasteiger partial charge in [0, 0.05) is 27.4 Å². The number of hydrogen-bond donors (Lipinski definition) is 2. The summed E-state index contributed by atoms with van der Waals surface area (Å²) in [6.07, 6.45) is 1.66. The van der Waals surface area contributed by atoms with Crippen LogP contribution in [0.3, 0.4) is 0 Å². The van der Waals surface area contributed by atoms with Crippen LogP contribution in [-0.2, 0) is 9.59 Å². The maximum Gasteiger partial charge on any atom is 0.341 e. The molecule has 0 fully saturated rings. The zero-order valence-electron chi connectivity index (χ0n) is 11.9. The highest BCUT2D eigenvalue weighted by atomic mass is 35.5. The molecule has 23 heavy (non-hydrogen) atoms. The number of benzene rings is 2. The van der Waals surface area contributed by atoms with Gasteiger partial charge in [-0.25, -0.2) is 4.79 Å². The van der Waals surface area contributed by atoms with Gasteiger partial charge in [-0.15, -0.1) is 0 Å². The van der Waals surface area contributed by atoms with E-state index in [1.165, 1.54) is 0 Å². The summed E-state index contributed by atoms with van der Waals surface area (Å²) < 4.78 is 5.25. The van der Waals surface area contributed by atoms with Crippen LogP contribution >= 0.6 is 11.6 Å². The third kappa shape index (κ3) is 3.19. The van der Waals surface area contributed by atoms with Crippen molar-refractivity contribution >= 4 is 40.8 Å². The Morgan fingerprint density at radius 2 is 2.04 bits per heavy atom. The first kappa shape index (κ1) is 15.1. The maximum absolute atomic E-state index is 12.2. The minimum Gasteiger partial charge on any atom is -0.481 e. The first-order valence-electron chi connectivity index (χ1n) is 6.81. The predicted octanol–water partition coefficient (Wildman–Crippen LogP) is 3.30. The van der Waals surface area contributed by atoms with Crippen molar-refractivity contribution < 1.29 is 19.4 Å². The molecule has 0 bridgehead atoms. The minimum absolute atomic E-state index is 0.240. The minimum atomic E-state index is -1.07. The van der Waals surface area contributed by atoms with Crippen LogP contribution in [0.25, 0.3) is 11.6 Å². The van der Waals surface area contributed by atoms with Gasteiger partial charge in [-0.1, -0.05) is 29.8 Å². The van der Waals surface area contributed by atoms with Crippen LogP contribution in [-0.4, -0.2) is 23.6 Å². The number of carboxylic acids is 1. The van der Waals surface area contributed by atoms with Gasteiger partial charge in [-0.3, -0.25) is 4.79 Å². The third-order valence-electron chi connectivity index (χ3n) is 3.33. The molecule has 5 nitrogen and oxygen atoms in total. The van der Waals surface area contributed by atoms with Crippen LogP contribution < -0.4 is 10.1 Å². The SMILES string of the molecule is O=C(O)COc1ccccc1C=C1C(=O)Nc2ccc(Cl)cc21. The molecular weight excluding hydrogens is 318 g/mol. The van der Waals surface area contributed by atoms with Crippen molar-refractivity contribution in [2.75, 3.05) is 11.9 Å². The van der Waals surface area contributed by atoms with E-state index < -0.39 is 12.6 Å². The van der Waals surface area contributed by atoms with Gasteiger partial charge >= 0.3 is 5.97 Å². The number of fused-ring (bicyclic) bond motifs is 1. The number of anilines is 1. The first-order valence-corrected chi connectivity index (χ1v) is 7.19. The van der Waals surface area contributed by atoms with Gasteiger partial charge in [0.2, 0.25) is 0 Å². The molecule has 1 heterocycles. The monoisotopic (exact) mass is 329 g/mol. The van der Waals surface area contributed by atoms with Crippen LogP contribution in [0.4, 0.5) is 5.69 Å². The molecule has 2 N–H and O–H groups in total. The number of amides is 1. The van der Waals surface area contributed by atoms with E-state index in [9.17, 15) is 9.59 Å². The van der Waals surface area contributed by atoms with Gasteiger partial charge in [0.1, 0.15) is 5.75 Å². The van der Waals surface area contributed by atoms with Crippen molar-refractivity contribution in [3.8, 4) is 5.75 Å². The highest BCUT2D eigenvalue weighted by molar-refractivity contribution is 6.36. The molecule has 0 saturated heterocycles. The van der Waals surface area contributed by atoms with E-state index in [2.05, 4.69) is 5.32 Å². The average Bonchev–Trinajstić information content (AvgIpc) is 2.82. The number of carbonyl (C=O) groups excluding carboxylic acids is 1. The lowest BCUT2D eigenvalue weighted by Crippen LogP contribution is -2.10. The smallest absolute Gasteiger partial charge is 0.341 e. The van der Waals surface area contributed by atoms with Crippen molar-refractivity contribution in [3.63, 3.8) is 0 Å². The van der Waals surface area contributed by atoms with Gasteiger partial charge in [0.05, 0.1) is 0 Å². The summed E-state index contributed by atoms with van der Waals surface area (Å²) in [5.41, 5.74) is 2.46. The number of ether oxygens (including phenoxy) is 1. The molecule has 0 aliphatic carbocycles. The zero-order chi connectivity index (χ0) is 16.4. The fourth-order valence-corrected chi connectivity index (χ4v) is 2.50. The largest absolute Gasteiger partial charge is 0.481 e. The normalized spacial score (nSPS) is 14.5. The summed E-state index contributed by atoms with van der Waals surface area (Å²) in [6.45, 7) is -0.450. The van der Waals surface area contributed by atoms with Crippen molar-refractivity contribution in [2.45, 2.75) is 0 Å². The standard InChI is InChI=1S/C17H12ClNO4/c18-11-5-6-14-12(8-11)13(17(22)19-14)7-10-3-1-2-4-15(10)23-9-16(20)21/h1-8H,9H2,(H,19,22)(H,20,21). The zero-order valence-corrected chi connectivity index (χ0v) is 12.6. The van der Waals surface area contributed by atoms with Crippen LogP contribution in [0.1, 0.15) is 11.1 Å².